The zero-order valence-corrected chi connectivity index (χ0v) is 18.9. The number of unbranched alkanes of at least 4 members (excludes halogenated alkanes) is 1. The summed E-state index contributed by atoms with van der Waals surface area (Å²) in [5.74, 6) is 0.360. The van der Waals surface area contributed by atoms with Crippen molar-refractivity contribution < 1.29 is 14.3 Å². The van der Waals surface area contributed by atoms with Crippen molar-refractivity contribution in [1.29, 1.82) is 0 Å². The molecule has 0 atom stereocenters. The van der Waals surface area contributed by atoms with Crippen molar-refractivity contribution in [2.75, 3.05) is 17.2 Å². The van der Waals surface area contributed by atoms with Crippen LogP contribution >= 0.6 is 15.9 Å². The Kier molecular flexibility index (Phi) is 8.24. The molecular formula is C25H25BrN2O3. The Morgan fingerprint density at radius 1 is 0.903 bits per heavy atom. The number of anilines is 2. The average molecular weight is 481 g/mol. The fraction of sp³-hybridized carbons (Fsp3) is 0.200. The smallest absolute Gasteiger partial charge is 0.255 e. The maximum Gasteiger partial charge on any atom is 0.255 e. The molecule has 0 unspecified atom stereocenters. The molecule has 0 aromatic heterocycles. The van der Waals surface area contributed by atoms with Crippen LogP contribution in [-0.4, -0.2) is 18.4 Å². The number of carbonyl (C=O) groups excluding carboxylic acids is 2. The predicted molar refractivity (Wildman–Crippen MR) is 128 cm³/mol. The van der Waals surface area contributed by atoms with E-state index in [0.717, 1.165) is 22.9 Å². The van der Waals surface area contributed by atoms with Crippen LogP contribution in [-0.2, 0) is 11.2 Å². The van der Waals surface area contributed by atoms with Gasteiger partial charge >= 0.3 is 0 Å². The topological polar surface area (TPSA) is 67.4 Å². The van der Waals surface area contributed by atoms with E-state index in [1.54, 1.807) is 42.5 Å². The maximum absolute atomic E-state index is 12.7. The molecular weight excluding hydrogens is 456 g/mol. The van der Waals surface area contributed by atoms with Gasteiger partial charge < -0.3 is 15.4 Å². The number of carbonyl (C=O) groups is 2. The second kappa shape index (κ2) is 11.3. The number of ether oxygens (including phenoxy) is 1. The van der Waals surface area contributed by atoms with Crippen molar-refractivity contribution in [3.8, 4) is 5.75 Å². The van der Waals surface area contributed by atoms with Crippen LogP contribution in [0.3, 0.4) is 0 Å². The summed E-state index contributed by atoms with van der Waals surface area (Å²) in [5, 5.41) is 5.74. The van der Waals surface area contributed by atoms with Gasteiger partial charge in [-0.15, -0.1) is 0 Å². The molecule has 0 aliphatic rings. The molecule has 0 fully saturated rings. The number of amides is 2. The van der Waals surface area contributed by atoms with Gasteiger partial charge in [-0.1, -0.05) is 49.7 Å². The average Bonchev–Trinajstić information content (AvgIpc) is 2.76. The third-order valence-electron chi connectivity index (χ3n) is 4.56. The van der Waals surface area contributed by atoms with Gasteiger partial charge in [0.1, 0.15) is 5.75 Å². The molecule has 5 nitrogen and oxygen atoms in total. The van der Waals surface area contributed by atoms with Gasteiger partial charge in [0, 0.05) is 16.9 Å². The normalized spacial score (nSPS) is 10.4. The third kappa shape index (κ3) is 6.96. The zero-order valence-electron chi connectivity index (χ0n) is 17.4. The predicted octanol–water partition coefficient (Wildman–Crippen LogP) is 6.06. The molecule has 6 heteroatoms. The van der Waals surface area contributed by atoms with Gasteiger partial charge in [0.25, 0.3) is 5.91 Å². The van der Waals surface area contributed by atoms with Crippen LogP contribution < -0.4 is 15.4 Å². The molecule has 0 saturated heterocycles. The molecule has 0 radical (unpaired) electrons. The second-order valence-electron chi connectivity index (χ2n) is 7.09. The number of halogens is 1. The van der Waals surface area contributed by atoms with E-state index in [1.165, 1.54) is 0 Å². The van der Waals surface area contributed by atoms with Crippen LogP contribution in [0.4, 0.5) is 11.4 Å². The maximum atomic E-state index is 12.7. The number of hydrogen-bond donors (Lipinski definition) is 2. The first-order chi connectivity index (χ1) is 15.0. The summed E-state index contributed by atoms with van der Waals surface area (Å²) in [6, 6.07) is 21.9. The van der Waals surface area contributed by atoms with Gasteiger partial charge in [-0.25, -0.2) is 0 Å². The minimum Gasteiger partial charge on any atom is -0.492 e. The van der Waals surface area contributed by atoms with E-state index in [1.807, 2.05) is 30.3 Å². The quantitative estimate of drug-likeness (QED) is 0.365. The van der Waals surface area contributed by atoms with Crippen molar-refractivity contribution in [2.45, 2.75) is 26.2 Å². The highest BCUT2D eigenvalue weighted by Gasteiger charge is 2.11. The van der Waals surface area contributed by atoms with Crippen LogP contribution in [0.2, 0.25) is 0 Å². The number of hydrogen-bond acceptors (Lipinski definition) is 3. The highest BCUT2D eigenvalue weighted by atomic mass is 79.9. The SMILES string of the molecule is CCCCOc1ccc(C(=O)Nc2cccc(NC(=O)Cc3ccccc3)c2)cc1Br. The minimum absolute atomic E-state index is 0.114. The molecule has 3 aromatic rings. The summed E-state index contributed by atoms with van der Waals surface area (Å²) in [6.07, 6.45) is 2.33. The molecule has 160 valence electrons. The Labute approximate surface area is 191 Å². The monoisotopic (exact) mass is 480 g/mol. The van der Waals surface area contributed by atoms with E-state index in [-0.39, 0.29) is 18.2 Å². The number of benzene rings is 3. The molecule has 0 aliphatic carbocycles. The molecule has 31 heavy (non-hydrogen) atoms. The highest BCUT2D eigenvalue weighted by molar-refractivity contribution is 9.10. The standard InChI is InChI=1S/C25H25BrN2O3/c1-2-3-14-31-23-13-12-19(16-22(23)26)25(30)28-21-11-7-10-20(17-21)27-24(29)15-18-8-5-4-6-9-18/h4-13,16-17H,2-3,14-15H2,1H3,(H,27,29)(H,28,30). The second-order valence-corrected chi connectivity index (χ2v) is 7.95. The lowest BCUT2D eigenvalue weighted by atomic mass is 10.1. The first-order valence-electron chi connectivity index (χ1n) is 10.2. The van der Waals surface area contributed by atoms with Crippen molar-refractivity contribution in [3.63, 3.8) is 0 Å². The Morgan fingerprint density at radius 2 is 1.65 bits per heavy atom. The summed E-state index contributed by atoms with van der Waals surface area (Å²) in [7, 11) is 0. The summed E-state index contributed by atoms with van der Waals surface area (Å²) in [6.45, 7) is 2.75. The summed E-state index contributed by atoms with van der Waals surface area (Å²) >= 11 is 3.47. The Balaban J connectivity index is 1.60. The van der Waals surface area contributed by atoms with Gasteiger partial charge in [-0.05, 0) is 64.3 Å². The van der Waals surface area contributed by atoms with Crippen LogP contribution in [0.15, 0.2) is 77.3 Å². The Bertz CT molecular complexity index is 1040. The Hall–Kier alpha value is -3.12. The van der Waals surface area contributed by atoms with Gasteiger partial charge in [-0.2, -0.15) is 0 Å². The van der Waals surface area contributed by atoms with Gasteiger partial charge in [0.15, 0.2) is 0 Å². The molecule has 0 spiro atoms. The van der Waals surface area contributed by atoms with E-state index in [2.05, 4.69) is 33.5 Å². The van der Waals surface area contributed by atoms with Crippen molar-refractivity contribution in [3.05, 3.63) is 88.4 Å². The zero-order chi connectivity index (χ0) is 22.1. The van der Waals surface area contributed by atoms with Gasteiger partial charge in [0.2, 0.25) is 5.91 Å². The van der Waals surface area contributed by atoms with Crippen LogP contribution in [0.25, 0.3) is 0 Å². The van der Waals surface area contributed by atoms with E-state index in [0.29, 0.717) is 29.3 Å². The van der Waals surface area contributed by atoms with Crippen molar-refractivity contribution >= 4 is 39.1 Å². The van der Waals surface area contributed by atoms with Crippen molar-refractivity contribution in [1.82, 2.24) is 0 Å². The fourth-order valence-electron chi connectivity index (χ4n) is 2.95. The summed E-state index contributed by atoms with van der Waals surface area (Å²) < 4.78 is 6.44. The molecule has 0 saturated carbocycles. The molecule has 2 amide bonds. The fourth-order valence-corrected chi connectivity index (χ4v) is 3.44. The minimum atomic E-state index is -0.242. The Morgan fingerprint density at radius 3 is 2.35 bits per heavy atom. The van der Waals surface area contributed by atoms with Gasteiger partial charge in [0.05, 0.1) is 17.5 Å². The molecule has 2 N–H and O–H groups in total. The molecule has 3 rings (SSSR count). The first kappa shape index (κ1) is 22.6. The molecule has 0 bridgehead atoms. The largest absolute Gasteiger partial charge is 0.492 e. The third-order valence-corrected chi connectivity index (χ3v) is 5.18. The lowest BCUT2D eigenvalue weighted by Crippen LogP contribution is -2.15. The number of rotatable bonds is 9. The molecule has 3 aromatic carbocycles. The van der Waals surface area contributed by atoms with Crippen LogP contribution in [0.5, 0.6) is 5.75 Å². The van der Waals surface area contributed by atoms with E-state index < -0.39 is 0 Å². The summed E-state index contributed by atoms with van der Waals surface area (Å²) in [5.41, 5.74) is 2.67. The molecule has 0 heterocycles. The lowest BCUT2D eigenvalue weighted by Gasteiger charge is -2.11. The van der Waals surface area contributed by atoms with Crippen molar-refractivity contribution in [2.24, 2.45) is 0 Å². The lowest BCUT2D eigenvalue weighted by molar-refractivity contribution is -0.115. The highest BCUT2D eigenvalue weighted by Crippen LogP contribution is 2.27. The molecule has 0 aliphatic heterocycles. The van der Waals surface area contributed by atoms with Gasteiger partial charge in [-0.3, -0.25) is 9.59 Å². The van der Waals surface area contributed by atoms with E-state index in [4.69, 9.17) is 4.74 Å². The van der Waals surface area contributed by atoms with E-state index >= 15 is 0 Å². The first-order valence-corrected chi connectivity index (χ1v) is 11.0. The van der Waals surface area contributed by atoms with E-state index in [9.17, 15) is 9.59 Å². The number of nitrogens with one attached hydrogen (secondary N) is 2. The van der Waals surface area contributed by atoms with Crippen LogP contribution in [0.1, 0.15) is 35.7 Å². The van der Waals surface area contributed by atoms with Crippen LogP contribution in [0, 0.1) is 0 Å². The summed E-state index contributed by atoms with van der Waals surface area (Å²) in [4.78, 5) is 24.9.